The molecule has 156 valence electrons. The molecule has 0 saturated carbocycles. The molecule has 0 fully saturated rings. The van der Waals surface area contributed by atoms with Crippen molar-refractivity contribution in [3.05, 3.63) is 59.2 Å². The summed E-state index contributed by atoms with van der Waals surface area (Å²) in [7, 11) is -3.68. The van der Waals surface area contributed by atoms with Crippen molar-refractivity contribution in [3.8, 4) is 0 Å². The molecule has 29 heavy (non-hydrogen) atoms. The van der Waals surface area contributed by atoms with E-state index in [1.54, 1.807) is 12.1 Å². The summed E-state index contributed by atoms with van der Waals surface area (Å²) < 4.78 is 22.6. The summed E-state index contributed by atoms with van der Waals surface area (Å²) in [6, 6.07) is 13.0. The van der Waals surface area contributed by atoms with Crippen LogP contribution in [0.3, 0.4) is 0 Å². The minimum absolute atomic E-state index is 0.00746. The summed E-state index contributed by atoms with van der Waals surface area (Å²) in [4.78, 5) is 14.7. The molecule has 1 amide bonds. The second kappa shape index (κ2) is 8.97. The maximum atomic E-state index is 12.4. The Morgan fingerprint density at radius 2 is 1.90 bits per heavy atom. The fourth-order valence-corrected chi connectivity index (χ4v) is 4.16. The van der Waals surface area contributed by atoms with E-state index >= 15 is 0 Å². The van der Waals surface area contributed by atoms with Crippen molar-refractivity contribution in [3.63, 3.8) is 0 Å². The van der Waals surface area contributed by atoms with Crippen LogP contribution in [0.1, 0.15) is 42.9 Å². The van der Waals surface area contributed by atoms with Gasteiger partial charge in [-0.15, -0.1) is 0 Å². The number of nitrogens with one attached hydrogen (secondary N) is 1. The van der Waals surface area contributed by atoms with E-state index in [-0.39, 0.29) is 10.8 Å². The standard InChI is InChI=1S/C22H29N3O3S/c1-16(2)18-7-10-21-19(14-18)4-3-13-25(21)15-22(26)24-12-11-17-5-8-20(9-6-17)29(23,27)28/h5-10,14,16H,3-4,11-13,15H2,1-2H3,(H,24,26)(H2,23,27,28). The molecule has 7 heteroatoms. The molecule has 0 radical (unpaired) electrons. The number of aryl methyl sites for hydroxylation is 1. The number of rotatable bonds is 7. The molecule has 3 rings (SSSR count). The summed E-state index contributed by atoms with van der Waals surface area (Å²) in [5, 5.41) is 8.06. The van der Waals surface area contributed by atoms with Gasteiger partial charge in [0.1, 0.15) is 0 Å². The van der Waals surface area contributed by atoms with Gasteiger partial charge in [0.2, 0.25) is 15.9 Å². The van der Waals surface area contributed by atoms with Crippen molar-refractivity contribution in [1.29, 1.82) is 0 Å². The van der Waals surface area contributed by atoms with Crippen LogP contribution in [0.5, 0.6) is 0 Å². The molecule has 0 saturated heterocycles. The molecule has 0 atom stereocenters. The van der Waals surface area contributed by atoms with E-state index in [1.807, 2.05) is 0 Å². The Kier molecular flexibility index (Phi) is 6.59. The lowest BCUT2D eigenvalue weighted by Crippen LogP contribution is -2.40. The topological polar surface area (TPSA) is 92.5 Å². The van der Waals surface area contributed by atoms with Crippen molar-refractivity contribution in [2.45, 2.75) is 43.9 Å². The van der Waals surface area contributed by atoms with Crippen LogP contribution in [-0.2, 0) is 27.7 Å². The largest absolute Gasteiger partial charge is 0.362 e. The average Bonchev–Trinajstić information content (AvgIpc) is 2.67. The number of fused-ring (bicyclic) bond motifs is 1. The number of nitrogens with zero attached hydrogens (tertiary/aromatic N) is 1. The minimum atomic E-state index is -3.68. The van der Waals surface area contributed by atoms with Crippen molar-refractivity contribution >= 4 is 21.6 Å². The van der Waals surface area contributed by atoms with Crippen LogP contribution in [0.25, 0.3) is 0 Å². The first-order valence-corrected chi connectivity index (χ1v) is 11.5. The van der Waals surface area contributed by atoms with Gasteiger partial charge in [0.15, 0.2) is 0 Å². The fourth-order valence-electron chi connectivity index (χ4n) is 3.64. The fraction of sp³-hybridized carbons (Fsp3) is 0.409. The van der Waals surface area contributed by atoms with Gasteiger partial charge in [-0.2, -0.15) is 0 Å². The lowest BCUT2D eigenvalue weighted by Gasteiger charge is -2.31. The number of amides is 1. The highest BCUT2D eigenvalue weighted by atomic mass is 32.2. The molecule has 0 aliphatic carbocycles. The van der Waals surface area contributed by atoms with Crippen molar-refractivity contribution in [2.24, 2.45) is 5.14 Å². The Bertz CT molecular complexity index is 969. The van der Waals surface area contributed by atoms with Crippen molar-refractivity contribution in [1.82, 2.24) is 5.32 Å². The Labute approximate surface area is 173 Å². The lowest BCUT2D eigenvalue weighted by molar-refractivity contribution is -0.119. The maximum absolute atomic E-state index is 12.4. The molecule has 6 nitrogen and oxygen atoms in total. The summed E-state index contributed by atoms with van der Waals surface area (Å²) in [5.74, 6) is 0.491. The van der Waals surface area contributed by atoms with Crippen LogP contribution >= 0.6 is 0 Å². The number of hydrogen-bond acceptors (Lipinski definition) is 4. The first kappa shape index (κ1) is 21.3. The van der Waals surface area contributed by atoms with E-state index in [0.29, 0.717) is 25.4 Å². The number of carbonyl (C=O) groups excluding carboxylic acids is 1. The smallest absolute Gasteiger partial charge is 0.239 e. The predicted octanol–water partition coefficient (Wildman–Crippen LogP) is 2.57. The Morgan fingerprint density at radius 3 is 2.55 bits per heavy atom. The van der Waals surface area contributed by atoms with Crippen LogP contribution in [0.4, 0.5) is 5.69 Å². The molecule has 2 aromatic rings. The normalized spacial score (nSPS) is 14.0. The minimum Gasteiger partial charge on any atom is -0.362 e. The number of benzene rings is 2. The van der Waals surface area contributed by atoms with E-state index in [0.717, 1.165) is 30.6 Å². The van der Waals surface area contributed by atoms with Gasteiger partial charge in [-0.05, 0) is 60.1 Å². The third-order valence-corrected chi connectivity index (χ3v) is 6.24. The quantitative estimate of drug-likeness (QED) is 0.727. The average molecular weight is 416 g/mol. The van der Waals surface area contributed by atoms with Gasteiger partial charge < -0.3 is 10.2 Å². The van der Waals surface area contributed by atoms with Crippen molar-refractivity contribution in [2.75, 3.05) is 24.5 Å². The highest BCUT2D eigenvalue weighted by Gasteiger charge is 2.19. The number of anilines is 1. The van der Waals surface area contributed by atoms with Gasteiger partial charge in [0.05, 0.1) is 11.4 Å². The molecule has 2 aromatic carbocycles. The third kappa shape index (κ3) is 5.58. The second-order valence-corrected chi connectivity index (χ2v) is 9.42. The zero-order valence-electron chi connectivity index (χ0n) is 17.0. The van der Waals surface area contributed by atoms with E-state index in [1.165, 1.54) is 23.3 Å². The monoisotopic (exact) mass is 415 g/mol. The maximum Gasteiger partial charge on any atom is 0.239 e. The zero-order chi connectivity index (χ0) is 21.0. The SMILES string of the molecule is CC(C)c1ccc2c(c1)CCCN2CC(=O)NCCc1ccc(S(N)(=O)=O)cc1. The molecule has 0 bridgehead atoms. The number of nitrogens with two attached hydrogens (primary N) is 1. The van der Waals surface area contributed by atoms with E-state index in [9.17, 15) is 13.2 Å². The highest BCUT2D eigenvalue weighted by molar-refractivity contribution is 7.89. The first-order valence-electron chi connectivity index (χ1n) is 10.0. The summed E-state index contributed by atoms with van der Waals surface area (Å²) >= 11 is 0. The Morgan fingerprint density at radius 1 is 1.17 bits per heavy atom. The molecular formula is C22H29N3O3S. The molecule has 1 aliphatic heterocycles. The lowest BCUT2D eigenvalue weighted by atomic mass is 9.95. The molecule has 1 heterocycles. The van der Waals surface area contributed by atoms with Crippen LogP contribution in [0, 0.1) is 0 Å². The third-order valence-electron chi connectivity index (χ3n) is 5.31. The van der Waals surface area contributed by atoms with E-state index in [4.69, 9.17) is 5.14 Å². The summed E-state index contributed by atoms with van der Waals surface area (Å²) in [6.07, 6.45) is 2.74. The summed E-state index contributed by atoms with van der Waals surface area (Å²) in [5.41, 5.74) is 4.77. The predicted molar refractivity (Wildman–Crippen MR) is 116 cm³/mol. The number of carbonyl (C=O) groups is 1. The van der Waals surface area contributed by atoms with Crippen LogP contribution in [0.15, 0.2) is 47.4 Å². The van der Waals surface area contributed by atoms with Gasteiger partial charge in [0.25, 0.3) is 0 Å². The van der Waals surface area contributed by atoms with Gasteiger partial charge in [-0.25, -0.2) is 13.6 Å². The second-order valence-electron chi connectivity index (χ2n) is 7.86. The molecule has 3 N–H and O–H groups in total. The molecule has 1 aliphatic rings. The zero-order valence-corrected chi connectivity index (χ0v) is 17.8. The van der Waals surface area contributed by atoms with Gasteiger partial charge in [-0.1, -0.05) is 38.1 Å². The molecule has 0 spiro atoms. The summed E-state index contributed by atoms with van der Waals surface area (Å²) in [6.45, 7) is 6.12. The Hall–Kier alpha value is -2.38. The van der Waals surface area contributed by atoms with Crippen LogP contribution in [0.2, 0.25) is 0 Å². The molecule has 0 aromatic heterocycles. The number of sulfonamides is 1. The van der Waals surface area contributed by atoms with Crippen molar-refractivity contribution < 1.29 is 13.2 Å². The highest BCUT2D eigenvalue weighted by Crippen LogP contribution is 2.30. The molecular weight excluding hydrogens is 386 g/mol. The first-order chi connectivity index (χ1) is 13.7. The Balaban J connectivity index is 1.53. The van der Waals surface area contributed by atoms with Gasteiger partial charge in [-0.3, -0.25) is 4.79 Å². The number of primary sulfonamides is 1. The van der Waals surface area contributed by atoms with E-state index < -0.39 is 10.0 Å². The van der Waals surface area contributed by atoms with Gasteiger partial charge in [0, 0.05) is 18.8 Å². The van der Waals surface area contributed by atoms with Gasteiger partial charge >= 0.3 is 0 Å². The van der Waals surface area contributed by atoms with E-state index in [2.05, 4.69) is 42.3 Å². The van der Waals surface area contributed by atoms with Crippen LogP contribution < -0.4 is 15.4 Å². The molecule has 0 unspecified atom stereocenters. The van der Waals surface area contributed by atoms with Crippen LogP contribution in [-0.4, -0.2) is 34.0 Å². The number of hydrogen-bond donors (Lipinski definition) is 2.